The van der Waals surface area contributed by atoms with Gasteiger partial charge >= 0.3 is 6.09 Å². The van der Waals surface area contributed by atoms with Crippen molar-refractivity contribution in [3.8, 4) is 0 Å². The Morgan fingerprint density at radius 1 is 1.04 bits per heavy atom. The Hall–Kier alpha value is -2.63. The highest BCUT2D eigenvalue weighted by Crippen LogP contribution is 2.38. The summed E-state index contributed by atoms with van der Waals surface area (Å²) in [5.74, 6) is -0.395. The third-order valence-corrected chi connectivity index (χ3v) is 4.96. The van der Waals surface area contributed by atoms with Crippen molar-refractivity contribution in [2.45, 2.75) is 31.7 Å². The predicted octanol–water partition coefficient (Wildman–Crippen LogP) is 4.75. The first-order chi connectivity index (χ1) is 13.2. The van der Waals surface area contributed by atoms with Gasteiger partial charge in [-0.25, -0.2) is 4.79 Å². The molecule has 4 rings (SSSR count). The van der Waals surface area contributed by atoms with Crippen LogP contribution in [0.3, 0.4) is 0 Å². The van der Waals surface area contributed by atoms with Crippen molar-refractivity contribution >= 4 is 17.4 Å². The lowest BCUT2D eigenvalue weighted by Gasteiger charge is -2.30. The number of carbonyl (C=O) groups is 1. The summed E-state index contributed by atoms with van der Waals surface area (Å²) in [5.41, 5.74) is 4.12. The zero-order chi connectivity index (χ0) is 18.5. The average Bonchev–Trinajstić information content (AvgIpc) is 3.16. The Morgan fingerprint density at radius 2 is 1.78 bits per heavy atom. The molecule has 0 atom stereocenters. The molecule has 0 radical (unpaired) electrons. The highest BCUT2D eigenvalue weighted by atomic mass is 16.7. The van der Waals surface area contributed by atoms with Crippen LogP contribution in [0.1, 0.15) is 30.4 Å². The van der Waals surface area contributed by atoms with Crippen LogP contribution in [-0.2, 0) is 20.8 Å². The van der Waals surface area contributed by atoms with E-state index in [9.17, 15) is 4.79 Å². The van der Waals surface area contributed by atoms with Gasteiger partial charge in [-0.15, -0.1) is 0 Å². The van der Waals surface area contributed by atoms with E-state index in [1.54, 1.807) is 0 Å². The number of nitrogens with one attached hydrogen (secondary N) is 1. The van der Waals surface area contributed by atoms with E-state index in [0.717, 1.165) is 30.4 Å². The van der Waals surface area contributed by atoms with Crippen LogP contribution in [0.2, 0.25) is 0 Å². The van der Waals surface area contributed by atoms with Gasteiger partial charge in [-0.1, -0.05) is 48.5 Å². The lowest BCUT2D eigenvalue weighted by Crippen LogP contribution is -2.31. The number of rotatable bonds is 4. The second-order valence-electron chi connectivity index (χ2n) is 6.81. The van der Waals surface area contributed by atoms with Gasteiger partial charge in [0, 0.05) is 18.5 Å². The molecule has 0 saturated carbocycles. The van der Waals surface area contributed by atoms with Crippen molar-refractivity contribution in [1.82, 2.24) is 0 Å². The minimum atomic E-state index is -0.457. The molecule has 1 aliphatic carbocycles. The highest BCUT2D eigenvalue weighted by molar-refractivity contribution is 5.85. The minimum Gasteiger partial charge on any atom is -0.444 e. The molecule has 0 aromatic heterocycles. The molecule has 1 fully saturated rings. The van der Waals surface area contributed by atoms with Crippen LogP contribution in [0.4, 0.5) is 10.5 Å². The summed E-state index contributed by atoms with van der Waals surface area (Å²) < 4.78 is 16.8. The lowest BCUT2D eigenvalue weighted by atomic mass is 9.90. The fourth-order valence-corrected chi connectivity index (χ4v) is 3.47. The summed E-state index contributed by atoms with van der Waals surface area (Å²) in [6.45, 7) is 1.62. The quantitative estimate of drug-likeness (QED) is 0.850. The third kappa shape index (κ3) is 4.38. The predicted molar refractivity (Wildman–Crippen MR) is 103 cm³/mol. The largest absolute Gasteiger partial charge is 0.444 e. The summed E-state index contributed by atoms with van der Waals surface area (Å²) in [6.07, 6.45) is 4.33. The van der Waals surface area contributed by atoms with E-state index in [4.69, 9.17) is 14.2 Å². The van der Waals surface area contributed by atoms with Crippen LogP contribution >= 0.6 is 0 Å². The lowest BCUT2D eigenvalue weighted by molar-refractivity contribution is -0.159. The fourth-order valence-electron chi connectivity index (χ4n) is 3.47. The van der Waals surface area contributed by atoms with Crippen LogP contribution in [0, 0.1) is 0 Å². The molecular formula is C22H23NO4. The Bertz CT molecular complexity index is 808. The molecule has 1 spiro atoms. The molecule has 2 aromatic rings. The maximum Gasteiger partial charge on any atom is 0.411 e. The zero-order valence-electron chi connectivity index (χ0n) is 15.1. The average molecular weight is 365 g/mol. The Labute approximate surface area is 158 Å². The van der Waals surface area contributed by atoms with E-state index in [2.05, 4.69) is 11.4 Å². The van der Waals surface area contributed by atoms with Crippen LogP contribution in [-0.4, -0.2) is 25.1 Å². The molecule has 2 aromatic carbocycles. The van der Waals surface area contributed by atoms with E-state index in [0.29, 0.717) is 18.9 Å². The van der Waals surface area contributed by atoms with Crippen LogP contribution < -0.4 is 5.32 Å². The number of hydrogen-bond donors (Lipinski definition) is 1. The summed E-state index contributed by atoms with van der Waals surface area (Å²) in [6, 6.07) is 17.4. The van der Waals surface area contributed by atoms with Gasteiger partial charge in [0.2, 0.25) is 0 Å². The number of carbonyl (C=O) groups excluding carboxylic acids is 1. The minimum absolute atomic E-state index is 0.254. The smallest absolute Gasteiger partial charge is 0.411 e. The van der Waals surface area contributed by atoms with Crippen molar-refractivity contribution in [2.75, 3.05) is 18.5 Å². The van der Waals surface area contributed by atoms with Crippen molar-refractivity contribution in [2.24, 2.45) is 0 Å². The molecular weight excluding hydrogens is 342 g/mol. The second-order valence-corrected chi connectivity index (χ2v) is 6.81. The van der Waals surface area contributed by atoms with Crippen molar-refractivity contribution < 1.29 is 19.0 Å². The molecule has 1 saturated heterocycles. The SMILES string of the molecule is O=C(Nc1ccc(C2=CCC3(CC2)OCCO3)cc1)OCc1ccccc1. The van der Waals surface area contributed by atoms with Gasteiger partial charge in [0.05, 0.1) is 13.2 Å². The number of benzene rings is 2. The summed E-state index contributed by atoms with van der Waals surface area (Å²) in [5, 5.41) is 2.76. The first-order valence-electron chi connectivity index (χ1n) is 9.28. The maximum absolute atomic E-state index is 11.9. The summed E-state index contributed by atoms with van der Waals surface area (Å²) in [7, 11) is 0. The monoisotopic (exact) mass is 365 g/mol. The van der Waals surface area contributed by atoms with Crippen LogP contribution in [0.25, 0.3) is 5.57 Å². The van der Waals surface area contributed by atoms with Gasteiger partial charge in [-0.2, -0.15) is 0 Å². The summed E-state index contributed by atoms with van der Waals surface area (Å²) in [4.78, 5) is 11.9. The topological polar surface area (TPSA) is 56.8 Å². The zero-order valence-corrected chi connectivity index (χ0v) is 15.1. The summed E-state index contributed by atoms with van der Waals surface area (Å²) >= 11 is 0. The molecule has 0 bridgehead atoms. The van der Waals surface area contributed by atoms with Gasteiger partial charge in [0.1, 0.15) is 6.61 Å². The highest BCUT2D eigenvalue weighted by Gasteiger charge is 2.37. The molecule has 5 nitrogen and oxygen atoms in total. The van der Waals surface area contributed by atoms with Crippen molar-refractivity contribution in [3.63, 3.8) is 0 Å². The molecule has 1 heterocycles. The first kappa shape index (κ1) is 17.8. The molecule has 1 amide bonds. The van der Waals surface area contributed by atoms with E-state index in [1.807, 2.05) is 54.6 Å². The van der Waals surface area contributed by atoms with E-state index in [-0.39, 0.29) is 6.61 Å². The Morgan fingerprint density at radius 3 is 2.44 bits per heavy atom. The first-order valence-corrected chi connectivity index (χ1v) is 9.28. The molecule has 0 unspecified atom stereocenters. The van der Waals surface area contributed by atoms with Crippen LogP contribution in [0.5, 0.6) is 0 Å². The normalized spacial score (nSPS) is 18.1. The Kier molecular flexibility index (Phi) is 5.23. The van der Waals surface area contributed by atoms with Crippen molar-refractivity contribution in [3.05, 3.63) is 71.8 Å². The Balaban J connectivity index is 1.31. The number of allylic oxidation sites excluding steroid dienone is 1. The number of amides is 1. The molecule has 2 aliphatic rings. The standard InChI is InChI=1S/C22H23NO4/c24-21(25-16-17-4-2-1-3-5-17)23-20-8-6-18(7-9-20)19-10-12-22(13-11-19)26-14-15-27-22/h1-10H,11-16H2,(H,23,24). The molecule has 140 valence electrons. The van der Waals surface area contributed by atoms with Gasteiger partial charge in [-0.3, -0.25) is 5.32 Å². The molecule has 1 aliphatic heterocycles. The fraction of sp³-hybridized carbons (Fsp3) is 0.318. The molecule has 5 heteroatoms. The maximum atomic E-state index is 11.9. The van der Waals surface area contributed by atoms with Gasteiger partial charge < -0.3 is 14.2 Å². The molecule has 1 N–H and O–H groups in total. The number of ether oxygens (including phenoxy) is 3. The van der Waals surface area contributed by atoms with Crippen molar-refractivity contribution in [1.29, 1.82) is 0 Å². The second kappa shape index (κ2) is 7.94. The third-order valence-electron chi connectivity index (χ3n) is 4.96. The molecule has 27 heavy (non-hydrogen) atoms. The van der Waals surface area contributed by atoms with Gasteiger partial charge in [0.25, 0.3) is 0 Å². The van der Waals surface area contributed by atoms with Gasteiger partial charge in [-0.05, 0) is 35.3 Å². The van der Waals surface area contributed by atoms with Gasteiger partial charge in [0.15, 0.2) is 5.79 Å². The van der Waals surface area contributed by atoms with E-state index >= 15 is 0 Å². The van der Waals surface area contributed by atoms with Crippen LogP contribution in [0.15, 0.2) is 60.7 Å². The number of anilines is 1. The van der Waals surface area contributed by atoms with E-state index < -0.39 is 11.9 Å². The van der Waals surface area contributed by atoms with E-state index in [1.165, 1.54) is 5.57 Å². The number of hydrogen-bond acceptors (Lipinski definition) is 4.